The van der Waals surface area contributed by atoms with Crippen molar-refractivity contribution in [3.63, 3.8) is 0 Å². The molecule has 0 bridgehead atoms. The van der Waals surface area contributed by atoms with Crippen LogP contribution in [0.1, 0.15) is 41.9 Å². The van der Waals surface area contributed by atoms with Gasteiger partial charge in [-0.2, -0.15) is 0 Å². The van der Waals surface area contributed by atoms with Crippen molar-refractivity contribution in [2.24, 2.45) is 0 Å². The second-order valence-electron chi connectivity index (χ2n) is 5.93. The van der Waals surface area contributed by atoms with E-state index in [4.69, 9.17) is 4.98 Å². The highest BCUT2D eigenvalue weighted by atomic mass is 32.1. The summed E-state index contributed by atoms with van der Waals surface area (Å²) in [4.78, 5) is 5.99. The number of hydrogen-bond donors (Lipinski definition) is 1. The molecule has 1 N–H and O–H groups in total. The molecule has 0 spiro atoms. The van der Waals surface area contributed by atoms with Gasteiger partial charge in [-0.15, -0.1) is 11.3 Å². The Morgan fingerprint density at radius 3 is 2.55 bits per heavy atom. The van der Waals surface area contributed by atoms with Gasteiger partial charge in [0.15, 0.2) is 0 Å². The van der Waals surface area contributed by atoms with Gasteiger partial charge in [-0.3, -0.25) is 0 Å². The summed E-state index contributed by atoms with van der Waals surface area (Å²) in [5, 5.41) is 4.16. The molecule has 20 heavy (non-hydrogen) atoms. The molecule has 0 radical (unpaired) electrons. The minimum absolute atomic E-state index is 0.0101. The monoisotopic (exact) mass is 292 g/mol. The largest absolute Gasteiger partial charge is 0.315 e. The third kappa shape index (κ3) is 3.44. The average molecular weight is 292 g/mol. The Morgan fingerprint density at radius 1 is 1.25 bits per heavy atom. The predicted molar refractivity (Wildman–Crippen MR) is 82.8 cm³/mol. The van der Waals surface area contributed by atoms with Gasteiger partial charge in [0.25, 0.3) is 0 Å². The third-order valence-corrected chi connectivity index (χ3v) is 4.14. The van der Waals surface area contributed by atoms with E-state index in [0.717, 1.165) is 17.2 Å². The summed E-state index contributed by atoms with van der Waals surface area (Å²) in [6.07, 6.45) is 0.560. The lowest BCUT2D eigenvalue weighted by molar-refractivity contribution is 0.561. The molecule has 2 aromatic rings. The second-order valence-corrected chi connectivity index (χ2v) is 7.10. The van der Waals surface area contributed by atoms with Crippen molar-refractivity contribution in [1.82, 2.24) is 10.3 Å². The fourth-order valence-corrected chi connectivity index (χ4v) is 3.46. The summed E-state index contributed by atoms with van der Waals surface area (Å²) in [5.41, 5.74) is 1.83. The summed E-state index contributed by atoms with van der Waals surface area (Å²) in [7, 11) is 1.93. The molecule has 2 rings (SSSR count). The van der Waals surface area contributed by atoms with Gasteiger partial charge in [0.2, 0.25) is 0 Å². The third-order valence-electron chi connectivity index (χ3n) is 3.09. The van der Waals surface area contributed by atoms with E-state index >= 15 is 0 Å². The van der Waals surface area contributed by atoms with Crippen LogP contribution in [-0.2, 0) is 18.4 Å². The van der Waals surface area contributed by atoms with E-state index in [2.05, 4.69) is 26.1 Å². The van der Waals surface area contributed by atoms with Gasteiger partial charge in [-0.25, -0.2) is 9.37 Å². The minimum atomic E-state index is -0.157. The molecule has 0 atom stereocenters. The van der Waals surface area contributed by atoms with Crippen LogP contribution in [0.15, 0.2) is 24.3 Å². The van der Waals surface area contributed by atoms with Crippen molar-refractivity contribution in [2.75, 3.05) is 7.05 Å². The highest BCUT2D eigenvalue weighted by Crippen LogP contribution is 2.30. The molecule has 0 saturated carbocycles. The van der Waals surface area contributed by atoms with Crippen molar-refractivity contribution < 1.29 is 4.39 Å². The van der Waals surface area contributed by atoms with E-state index in [0.29, 0.717) is 12.0 Å². The van der Waals surface area contributed by atoms with Crippen LogP contribution in [0.4, 0.5) is 4.39 Å². The quantitative estimate of drug-likeness (QED) is 0.924. The van der Waals surface area contributed by atoms with Crippen molar-refractivity contribution in [3.05, 3.63) is 51.2 Å². The first-order valence-electron chi connectivity index (χ1n) is 6.79. The molecule has 2 nitrogen and oxygen atoms in total. The highest BCUT2D eigenvalue weighted by molar-refractivity contribution is 7.11. The molecule has 108 valence electrons. The Morgan fingerprint density at radius 2 is 1.95 bits per heavy atom. The number of aromatic nitrogens is 1. The smallest absolute Gasteiger partial charge is 0.126 e. The Bertz CT molecular complexity index is 584. The van der Waals surface area contributed by atoms with Crippen LogP contribution >= 0.6 is 11.3 Å². The lowest BCUT2D eigenvalue weighted by atomic mass is 9.91. The normalized spacial score (nSPS) is 11.8. The molecule has 0 aliphatic carbocycles. The molecule has 0 unspecified atom stereocenters. The van der Waals surface area contributed by atoms with Crippen LogP contribution in [0.5, 0.6) is 0 Å². The van der Waals surface area contributed by atoms with Gasteiger partial charge in [-0.05, 0) is 18.7 Å². The average Bonchev–Trinajstić information content (AvgIpc) is 2.76. The number of halogens is 1. The second kappa shape index (κ2) is 6.02. The first-order valence-corrected chi connectivity index (χ1v) is 7.60. The molecule has 0 aliphatic heterocycles. The maximum absolute atomic E-state index is 13.7. The van der Waals surface area contributed by atoms with E-state index in [1.165, 1.54) is 10.9 Å². The summed E-state index contributed by atoms with van der Waals surface area (Å²) >= 11 is 1.67. The van der Waals surface area contributed by atoms with Crippen LogP contribution < -0.4 is 5.32 Å². The van der Waals surface area contributed by atoms with E-state index in [1.807, 2.05) is 19.2 Å². The first kappa shape index (κ1) is 15.1. The molecule has 0 saturated heterocycles. The van der Waals surface area contributed by atoms with E-state index < -0.39 is 0 Å². The number of hydrogen-bond acceptors (Lipinski definition) is 3. The van der Waals surface area contributed by atoms with Gasteiger partial charge >= 0.3 is 0 Å². The zero-order chi connectivity index (χ0) is 14.8. The van der Waals surface area contributed by atoms with Crippen LogP contribution in [0, 0.1) is 5.82 Å². The zero-order valence-corrected chi connectivity index (χ0v) is 13.3. The molecule has 1 aromatic heterocycles. The molecule has 0 amide bonds. The van der Waals surface area contributed by atoms with Crippen molar-refractivity contribution in [3.8, 4) is 0 Å². The molecular formula is C16H21FN2S. The van der Waals surface area contributed by atoms with Crippen LogP contribution in [0.2, 0.25) is 0 Å². The van der Waals surface area contributed by atoms with Crippen LogP contribution in [0.25, 0.3) is 0 Å². The summed E-state index contributed by atoms with van der Waals surface area (Å²) in [6, 6.07) is 6.91. The SMILES string of the molecule is CNCc1sc(Cc2ccccc2F)nc1C(C)(C)C. The molecular weight excluding hydrogens is 271 g/mol. The molecule has 0 aliphatic rings. The Balaban J connectivity index is 2.32. The topological polar surface area (TPSA) is 24.9 Å². The number of nitrogens with one attached hydrogen (secondary N) is 1. The lowest BCUT2D eigenvalue weighted by Gasteiger charge is -2.17. The molecule has 1 heterocycles. The Kier molecular flexibility index (Phi) is 4.55. The number of rotatable bonds is 4. The van der Waals surface area contributed by atoms with Crippen molar-refractivity contribution >= 4 is 11.3 Å². The van der Waals surface area contributed by atoms with Crippen molar-refractivity contribution in [1.29, 1.82) is 0 Å². The predicted octanol–water partition coefficient (Wildman–Crippen LogP) is 3.89. The maximum atomic E-state index is 13.7. The standard InChI is InChI=1S/C16H21FN2S/c1-16(2,3)15-13(10-18-4)20-14(19-15)9-11-7-5-6-8-12(11)17/h5-8,18H,9-10H2,1-4H3. The highest BCUT2D eigenvalue weighted by Gasteiger charge is 2.23. The minimum Gasteiger partial charge on any atom is -0.315 e. The maximum Gasteiger partial charge on any atom is 0.126 e. The van der Waals surface area contributed by atoms with Crippen molar-refractivity contribution in [2.45, 2.75) is 39.2 Å². The fourth-order valence-electron chi connectivity index (χ4n) is 2.15. The van der Waals surface area contributed by atoms with Crippen LogP contribution in [0.3, 0.4) is 0 Å². The van der Waals surface area contributed by atoms with E-state index in [1.54, 1.807) is 17.4 Å². The Labute approximate surface area is 124 Å². The van der Waals surface area contributed by atoms with Crippen LogP contribution in [-0.4, -0.2) is 12.0 Å². The number of benzene rings is 1. The lowest BCUT2D eigenvalue weighted by Crippen LogP contribution is -2.16. The van der Waals surface area contributed by atoms with Gasteiger partial charge in [-0.1, -0.05) is 39.0 Å². The van der Waals surface area contributed by atoms with Gasteiger partial charge < -0.3 is 5.32 Å². The number of thiazole rings is 1. The van der Waals surface area contributed by atoms with E-state index in [9.17, 15) is 4.39 Å². The van der Waals surface area contributed by atoms with Gasteiger partial charge in [0.1, 0.15) is 5.82 Å². The molecule has 0 fully saturated rings. The molecule has 1 aromatic carbocycles. The van der Waals surface area contributed by atoms with Gasteiger partial charge in [0.05, 0.1) is 10.7 Å². The fraction of sp³-hybridized carbons (Fsp3) is 0.438. The first-order chi connectivity index (χ1) is 9.41. The Hall–Kier alpha value is -1.26. The summed E-state index contributed by atoms with van der Waals surface area (Å²) in [6.45, 7) is 7.29. The number of nitrogens with zero attached hydrogens (tertiary/aromatic N) is 1. The molecule has 4 heteroatoms. The summed E-state index contributed by atoms with van der Waals surface area (Å²) in [5.74, 6) is -0.157. The summed E-state index contributed by atoms with van der Waals surface area (Å²) < 4.78 is 13.7. The van der Waals surface area contributed by atoms with E-state index in [-0.39, 0.29) is 11.2 Å². The van der Waals surface area contributed by atoms with Gasteiger partial charge in [0, 0.05) is 23.3 Å². The zero-order valence-electron chi connectivity index (χ0n) is 12.5.